The summed E-state index contributed by atoms with van der Waals surface area (Å²) in [6.07, 6.45) is 20.1. The zero-order valence-corrected chi connectivity index (χ0v) is 20.9. The van der Waals surface area contributed by atoms with Gasteiger partial charge >= 0.3 is 0 Å². The maximum atomic E-state index is 6.09. The Hall–Kier alpha value is -0.860. The fourth-order valence-corrected chi connectivity index (χ4v) is 4.92. The van der Waals surface area contributed by atoms with Crippen molar-refractivity contribution in [2.45, 2.75) is 129 Å². The Morgan fingerprint density at radius 3 is 1.71 bits per heavy atom. The summed E-state index contributed by atoms with van der Waals surface area (Å²) in [7, 11) is 0. The van der Waals surface area contributed by atoms with E-state index in [1.807, 2.05) is 0 Å². The maximum Gasteiger partial charge on any atom is 0.183 e. The van der Waals surface area contributed by atoms with Gasteiger partial charge in [0.05, 0.1) is 13.2 Å². The Balaban J connectivity index is 1.58. The highest BCUT2D eigenvalue weighted by Crippen LogP contribution is 2.31. The molecule has 178 valence electrons. The van der Waals surface area contributed by atoms with Crippen LogP contribution in [-0.2, 0) is 9.47 Å². The summed E-state index contributed by atoms with van der Waals surface area (Å²) in [6.45, 7) is 8.55. The van der Waals surface area contributed by atoms with Gasteiger partial charge in [0, 0.05) is 11.5 Å². The molecule has 1 aromatic carbocycles. The van der Waals surface area contributed by atoms with Gasteiger partial charge in [-0.2, -0.15) is 0 Å². The molecule has 1 heterocycles. The van der Waals surface area contributed by atoms with Crippen molar-refractivity contribution < 1.29 is 9.47 Å². The van der Waals surface area contributed by atoms with Crippen LogP contribution in [0.1, 0.15) is 140 Å². The van der Waals surface area contributed by atoms with E-state index in [-0.39, 0.29) is 6.29 Å². The van der Waals surface area contributed by atoms with Crippen molar-refractivity contribution in [2.24, 2.45) is 5.92 Å². The van der Waals surface area contributed by atoms with Gasteiger partial charge in [0.15, 0.2) is 6.29 Å². The zero-order valence-electron chi connectivity index (χ0n) is 20.9. The third kappa shape index (κ3) is 10.5. The summed E-state index contributed by atoms with van der Waals surface area (Å²) in [5, 5.41) is 0. The van der Waals surface area contributed by atoms with E-state index in [1.165, 1.54) is 107 Å². The molecule has 1 aliphatic heterocycles. The highest BCUT2D eigenvalue weighted by molar-refractivity contribution is 5.26. The van der Waals surface area contributed by atoms with Gasteiger partial charge in [-0.1, -0.05) is 122 Å². The third-order valence-electron chi connectivity index (χ3n) is 6.89. The molecule has 1 fully saturated rings. The highest BCUT2D eigenvalue weighted by atomic mass is 16.7. The van der Waals surface area contributed by atoms with Crippen LogP contribution >= 0.6 is 0 Å². The quantitative estimate of drug-likeness (QED) is 0.229. The lowest BCUT2D eigenvalue weighted by Crippen LogP contribution is -2.27. The van der Waals surface area contributed by atoms with Crippen LogP contribution in [0.4, 0.5) is 0 Å². The van der Waals surface area contributed by atoms with Crippen molar-refractivity contribution in [3.8, 4) is 0 Å². The first-order valence-corrected chi connectivity index (χ1v) is 13.6. The Bertz CT molecular complexity index is 524. The van der Waals surface area contributed by atoms with Crippen molar-refractivity contribution in [1.29, 1.82) is 0 Å². The zero-order chi connectivity index (χ0) is 22.2. The van der Waals surface area contributed by atoms with Gasteiger partial charge in [0.1, 0.15) is 0 Å². The van der Waals surface area contributed by atoms with Crippen molar-refractivity contribution in [3.63, 3.8) is 0 Å². The summed E-state index contributed by atoms with van der Waals surface area (Å²) < 4.78 is 12.2. The first kappa shape index (κ1) is 26.4. The summed E-state index contributed by atoms with van der Waals surface area (Å²) in [5.74, 6) is 1.27. The fourth-order valence-electron chi connectivity index (χ4n) is 4.92. The fraction of sp³-hybridized carbons (Fsp3) is 0.793. The standard InChI is InChI=1S/C29H50O2/c1-4-7-8-9-10-11-12-13-14-15-18-25-23-30-29(31-24-25)28-21-19-27(20-22-28)26(16-5-2)17-6-3/h19-22,25-26,29H,4-18,23-24H2,1-3H3. The molecule has 1 saturated heterocycles. The lowest BCUT2D eigenvalue weighted by atomic mass is 9.90. The Morgan fingerprint density at radius 2 is 1.19 bits per heavy atom. The van der Waals surface area contributed by atoms with E-state index in [1.54, 1.807) is 0 Å². The molecule has 0 N–H and O–H groups in total. The molecule has 1 aliphatic rings. The molecule has 31 heavy (non-hydrogen) atoms. The minimum absolute atomic E-state index is 0.172. The van der Waals surface area contributed by atoms with Gasteiger partial charge in [-0.05, 0) is 30.7 Å². The molecule has 2 rings (SSSR count). The Morgan fingerprint density at radius 1 is 0.677 bits per heavy atom. The molecule has 0 spiro atoms. The van der Waals surface area contributed by atoms with Crippen LogP contribution in [0, 0.1) is 5.92 Å². The summed E-state index contributed by atoms with van der Waals surface area (Å²) >= 11 is 0. The van der Waals surface area contributed by atoms with Gasteiger partial charge in [-0.15, -0.1) is 0 Å². The molecule has 1 aromatic rings. The second-order valence-electron chi connectivity index (χ2n) is 9.78. The molecule has 0 aromatic heterocycles. The second kappa shape index (κ2) is 16.7. The van der Waals surface area contributed by atoms with E-state index in [0.717, 1.165) is 13.2 Å². The smallest absolute Gasteiger partial charge is 0.183 e. The molecule has 0 atom stereocenters. The molecule has 0 amide bonds. The summed E-state index contributed by atoms with van der Waals surface area (Å²) in [5.41, 5.74) is 2.65. The molecule has 0 saturated carbocycles. The minimum Gasteiger partial charge on any atom is -0.348 e. The van der Waals surface area contributed by atoms with Gasteiger partial charge < -0.3 is 9.47 Å². The number of rotatable bonds is 17. The number of unbranched alkanes of at least 4 members (excludes halogenated alkanes) is 9. The molecule has 2 nitrogen and oxygen atoms in total. The van der Waals surface area contributed by atoms with Crippen LogP contribution in [-0.4, -0.2) is 13.2 Å². The van der Waals surface area contributed by atoms with Crippen molar-refractivity contribution >= 4 is 0 Å². The first-order valence-electron chi connectivity index (χ1n) is 13.6. The largest absolute Gasteiger partial charge is 0.348 e. The van der Waals surface area contributed by atoms with Gasteiger partial charge in [-0.3, -0.25) is 0 Å². The van der Waals surface area contributed by atoms with Crippen LogP contribution in [0.5, 0.6) is 0 Å². The normalized spacial score (nSPS) is 19.2. The van der Waals surface area contributed by atoms with Gasteiger partial charge in [-0.25, -0.2) is 0 Å². The van der Waals surface area contributed by atoms with E-state index < -0.39 is 0 Å². The van der Waals surface area contributed by atoms with Crippen LogP contribution < -0.4 is 0 Å². The number of hydrogen-bond donors (Lipinski definition) is 0. The van der Waals surface area contributed by atoms with Crippen LogP contribution in [0.3, 0.4) is 0 Å². The van der Waals surface area contributed by atoms with E-state index in [2.05, 4.69) is 45.0 Å². The number of hydrogen-bond acceptors (Lipinski definition) is 2. The lowest BCUT2D eigenvalue weighted by molar-refractivity contribution is -0.206. The molecular weight excluding hydrogens is 380 g/mol. The van der Waals surface area contributed by atoms with Gasteiger partial charge in [0.2, 0.25) is 0 Å². The third-order valence-corrected chi connectivity index (χ3v) is 6.89. The van der Waals surface area contributed by atoms with E-state index in [9.17, 15) is 0 Å². The Kier molecular flexibility index (Phi) is 14.2. The predicted octanol–water partition coefficient (Wildman–Crippen LogP) is 9.34. The maximum absolute atomic E-state index is 6.09. The van der Waals surface area contributed by atoms with Crippen molar-refractivity contribution in [3.05, 3.63) is 35.4 Å². The molecule has 0 bridgehead atoms. The van der Waals surface area contributed by atoms with Crippen molar-refractivity contribution in [1.82, 2.24) is 0 Å². The van der Waals surface area contributed by atoms with E-state index >= 15 is 0 Å². The molecular formula is C29H50O2. The molecule has 0 unspecified atom stereocenters. The second-order valence-corrected chi connectivity index (χ2v) is 9.78. The monoisotopic (exact) mass is 430 g/mol. The average Bonchev–Trinajstić information content (AvgIpc) is 2.81. The minimum atomic E-state index is -0.172. The lowest BCUT2D eigenvalue weighted by Gasteiger charge is -2.30. The Labute approximate surface area is 193 Å². The van der Waals surface area contributed by atoms with Crippen LogP contribution in [0.25, 0.3) is 0 Å². The molecule has 0 aliphatic carbocycles. The van der Waals surface area contributed by atoms with Crippen LogP contribution in [0.2, 0.25) is 0 Å². The highest BCUT2D eigenvalue weighted by Gasteiger charge is 2.23. The molecule has 2 heteroatoms. The van der Waals surface area contributed by atoms with Crippen LogP contribution in [0.15, 0.2) is 24.3 Å². The van der Waals surface area contributed by atoms with E-state index in [4.69, 9.17) is 9.47 Å². The number of ether oxygens (including phenoxy) is 2. The van der Waals surface area contributed by atoms with E-state index in [0.29, 0.717) is 11.8 Å². The van der Waals surface area contributed by atoms with Gasteiger partial charge in [0.25, 0.3) is 0 Å². The SMILES string of the molecule is CCCCCCCCCCCCC1COC(c2ccc(C(CCC)CCC)cc2)OC1. The summed E-state index contributed by atoms with van der Waals surface area (Å²) in [6, 6.07) is 9.05. The topological polar surface area (TPSA) is 18.5 Å². The predicted molar refractivity (Wildman–Crippen MR) is 134 cm³/mol. The van der Waals surface area contributed by atoms with Crippen molar-refractivity contribution in [2.75, 3.05) is 13.2 Å². The first-order chi connectivity index (χ1) is 15.3. The number of benzene rings is 1. The molecule has 0 radical (unpaired) electrons. The average molecular weight is 431 g/mol. The summed E-state index contributed by atoms with van der Waals surface area (Å²) in [4.78, 5) is 0.